The third-order valence-corrected chi connectivity index (χ3v) is 4.41. The summed E-state index contributed by atoms with van der Waals surface area (Å²) >= 11 is 0. The van der Waals surface area contributed by atoms with E-state index >= 15 is 0 Å². The van der Waals surface area contributed by atoms with Gasteiger partial charge in [-0.3, -0.25) is 4.90 Å². The summed E-state index contributed by atoms with van der Waals surface area (Å²) in [6, 6.07) is 2.02. The Bertz CT molecular complexity index is 511. The van der Waals surface area contributed by atoms with Crippen LogP contribution < -0.4 is 4.72 Å². The van der Waals surface area contributed by atoms with E-state index in [0.29, 0.717) is 6.54 Å². The van der Waals surface area contributed by atoms with Gasteiger partial charge in [0.05, 0.1) is 25.1 Å². The van der Waals surface area contributed by atoms with E-state index in [1.807, 2.05) is 4.90 Å². The largest absolute Gasteiger partial charge is 0.335 e. The number of likely N-dealkylation sites (tertiary alicyclic amines) is 1. The van der Waals surface area contributed by atoms with Crippen molar-refractivity contribution in [1.82, 2.24) is 19.6 Å². The molecule has 0 amide bonds. The van der Waals surface area contributed by atoms with Crippen molar-refractivity contribution in [2.45, 2.75) is 23.9 Å². The van der Waals surface area contributed by atoms with E-state index in [9.17, 15) is 8.42 Å². The first-order chi connectivity index (χ1) is 8.62. The first-order valence-electron chi connectivity index (χ1n) is 5.72. The highest BCUT2D eigenvalue weighted by Crippen LogP contribution is 2.13. The number of nitrogens with one attached hydrogen (secondary N) is 2. The quantitative estimate of drug-likeness (QED) is 0.729. The molecule has 1 aliphatic heterocycles. The first-order valence-corrected chi connectivity index (χ1v) is 7.20. The fraction of sp³-hybridized carbons (Fsp3) is 0.600. The van der Waals surface area contributed by atoms with E-state index in [1.54, 1.807) is 0 Å². The number of H-pyrrole nitrogens is 1. The van der Waals surface area contributed by atoms with Gasteiger partial charge in [-0.1, -0.05) is 0 Å². The fourth-order valence-corrected chi connectivity index (χ4v) is 3.19. The van der Waals surface area contributed by atoms with E-state index in [2.05, 4.69) is 20.8 Å². The van der Waals surface area contributed by atoms with Crippen LogP contribution in [0.2, 0.25) is 0 Å². The van der Waals surface area contributed by atoms with Gasteiger partial charge >= 0.3 is 0 Å². The van der Waals surface area contributed by atoms with Gasteiger partial charge < -0.3 is 4.98 Å². The molecule has 2 N–H and O–H groups in total. The van der Waals surface area contributed by atoms with Crippen LogP contribution in [0.5, 0.6) is 0 Å². The van der Waals surface area contributed by atoms with E-state index in [1.165, 1.54) is 12.5 Å². The zero-order chi connectivity index (χ0) is 13.0. The molecule has 0 radical (unpaired) electrons. The van der Waals surface area contributed by atoms with Crippen LogP contribution in [-0.2, 0) is 10.0 Å². The summed E-state index contributed by atoms with van der Waals surface area (Å²) in [7, 11) is -3.50. The molecule has 7 nitrogen and oxygen atoms in total. The molecule has 0 aromatic carbocycles. The lowest BCUT2D eigenvalue weighted by molar-refractivity contribution is 0.229. The van der Waals surface area contributed by atoms with Gasteiger partial charge in [0.15, 0.2) is 5.03 Å². The Hall–Kier alpha value is -1.43. The summed E-state index contributed by atoms with van der Waals surface area (Å²) in [6.07, 6.45) is 4.06. The van der Waals surface area contributed by atoms with E-state index in [0.717, 1.165) is 25.9 Å². The van der Waals surface area contributed by atoms with Crippen molar-refractivity contribution in [3.05, 3.63) is 12.5 Å². The van der Waals surface area contributed by atoms with Crippen LogP contribution >= 0.6 is 0 Å². The molecule has 1 aromatic heterocycles. The molecule has 0 atom stereocenters. The Kier molecular flexibility index (Phi) is 3.96. The maximum Gasteiger partial charge on any atom is 0.257 e. The molecule has 8 heteroatoms. The van der Waals surface area contributed by atoms with Crippen LogP contribution in [0.4, 0.5) is 0 Å². The van der Waals surface area contributed by atoms with Crippen molar-refractivity contribution in [2.24, 2.45) is 0 Å². The van der Waals surface area contributed by atoms with Crippen molar-refractivity contribution in [3.63, 3.8) is 0 Å². The van der Waals surface area contributed by atoms with Crippen LogP contribution in [0.3, 0.4) is 0 Å². The molecule has 0 bridgehead atoms. The molecule has 1 saturated heterocycles. The lowest BCUT2D eigenvalue weighted by atomic mass is 10.1. The number of piperidine rings is 1. The zero-order valence-corrected chi connectivity index (χ0v) is 10.7. The van der Waals surface area contributed by atoms with E-state index in [-0.39, 0.29) is 11.1 Å². The molecule has 2 rings (SSSR count). The number of nitriles is 1. The Morgan fingerprint density at radius 2 is 2.28 bits per heavy atom. The summed E-state index contributed by atoms with van der Waals surface area (Å²) < 4.78 is 26.5. The molecule has 18 heavy (non-hydrogen) atoms. The predicted octanol–water partition coefficient (Wildman–Crippen LogP) is -0.324. The Balaban J connectivity index is 1.91. The molecule has 98 valence electrons. The van der Waals surface area contributed by atoms with Gasteiger partial charge in [0, 0.05) is 19.1 Å². The molecular formula is C10H15N5O2S. The number of imidazole rings is 1. The van der Waals surface area contributed by atoms with Gasteiger partial charge in [-0.05, 0) is 12.8 Å². The van der Waals surface area contributed by atoms with Gasteiger partial charge in [-0.25, -0.2) is 18.1 Å². The van der Waals surface area contributed by atoms with Gasteiger partial charge in [-0.2, -0.15) is 5.26 Å². The summed E-state index contributed by atoms with van der Waals surface area (Å²) in [4.78, 5) is 8.29. The van der Waals surface area contributed by atoms with Crippen molar-refractivity contribution in [3.8, 4) is 6.07 Å². The molecule has 0 unspecified atom stereocenters. The van der Waals surface area contributed by atoms with Crippen molar-refractivity contribution in [2.75, 3.05) is 19.6 Å². The average Bonchev–Trinajstić information content (AvgIpc) is 2.86. The van der Waals surface area contributed by atoms with Crippen molar-refractivity contribution >= 4 is 10.0 Å². The topological polar surface area (TPSA) is 102 Å². The molecule has 0 aliphatic carbocycles. The number of nitrogens with zero attached hydrogens (tertiary/aromatic N) is 3. The van der Waals surface area contributed by atoms with Crippen LogP contribution in [0.1, 0.15) is 12.8 Å². The molecule has 1 aromatic rings. The number of rotatable bonds is 4. The minimum atomic E-state index is -3.50. The molecule has 0 spiro atoms. The summed E-state index contributed by atoms with van der Waals surface area (Å²) in [5, 5.41) is 8.67. The second-order valence-electron chi connectivity index (χ2n) is 4.25. The highest BCUT2D eigenvalue weighted by Gasteiger charge is 2.25. The molecule has 1 fully saturated rings. The molecule has 2 heterocycles. The SMILES string of the molecule is N#CCN1CCC(NS(=O)(=O)c2cnc[nH]2)CC1. The standard InChI is InChI=1S/C10H15N5O2S/c11-3-6-15-4-1-9(2-5-15)14-18(16,17)10-7-12-8-13-10/h7-9,14H,1-2,4-6H2,(H,12,13). The summed E-state index contributed by atoms with van der Waals surface area (Å²) in [6.45, 7) is 1.88. The minimum absolute atomic E-state index is 0.0757. The lowest BCUT2D eigenvalue weighted by Crippen LogP contribution is -2.44. The second kappa shape index (κ2) is 5.48. The van der Waals surface area contributed by atoms with Gasteiger partial charge in [0.25, 0.3) is 10.0 Å². The maximum atomic E-state index is 11.9. The normalized spacial score (nSPS) is 18.6. The Morgan fingerprint density at radius 1 is 1.56 bits per heavy atom. The van der Waals surface area contributed by atoms with Crippen LogP contribution in [0, 0.1) is 11.3 Å². The van der Waals surface area contributed by atoms with Crippen LogP contribution in [-0.4, -0.2) is 49.0 Å². The third-order valence-electron chi connectivity index (χ3n) is 2.97. The zero-order valence-electron chi connectivity index (χ0n) is 9.83. The van der Waals surface area contributed by atoms with Crippen molar-refractivity contribution in [1.29, 1.82) is 5.26 Å². The monoisotopic (exact) mass is 269 g/mol. The average molecular weight is 269 g/mol. The number of sulfonamides is 1. The highest BCUT2D eigenvalue weighted by molar-refractivity contribution is 7.89. The highest BCUT2D eigenvalue weighted by atomic mass is 32.2. The van der Waals surface area contributed by atoms with Gasteiger partial charge in [-0.15, -0.1) is 0 Å². The summed E-state index contributed by atoms with van der Waals surface area (Å²) in [5.74, 6) is 0. The van der Waals surface area contributed by atoms with E-state index in [4.69, 9.17) is 5.26 Å². The van der Waals surface area contributed by atoms with Crippen LogP contribution in [0.15, 0.2) is 17.6 Å². The molecule has 1 aliphatic rings. The third kappa shape index (κ3) is 3.07. The van der Waals surface area contributed by atoms with E-state index < -0.39 is 10.0 Å². The first kappa shape index (κ1) is 13.0. The Labute approximate surface area is 106 Å². The molecular weight excluding hydrogens is 254 g/mol. The van der Waals surface area contributed by atoms with Crippen molar-refractivity contribution < 1.29 is 8.42 Å². The number of aromatic amines is 1. The van der Waals surface area contributed by atoms with Crippen LogP contribution in [0.25, 0.3) is 0 Å². The minimum Gasteiger partial charge on any atom is -0.335 e. The lowest BCUT2D eigenvalue weighted by Gasteiger charge is -2.30. The van der Waals surface area contributed by atoms with Gasteiger partial charge in [0.2, 0.25) is 0 Å². The predicted molar refractivity (Wildman–Crippen MR) is 64.0 cm³/mol. The number of hydrogen-bond acceptors (Lipinski definition) is 5. The van der Waals surface area contributed by atoms with Gasteiger partial charge in [0.1, 0.15) is 0 Å². The smallest absolute Gasteiger partial charge is 0.257 e. The number of hydrogen-bond donors (Lipinski definition) is 2. The maximum absolute atomic E-state index is 11.9. The Morgan fingerprint density at radius 3 is 2.83 bits per heavy atom. The second-order valence-corrected chi connectivity index (χ2v) is 5.93. The summed E-state index contributed by atoms with van der Waals surface area (Å²) in [5.41, 5.74) is 0. The number of aromatic nitrogens is 2. The fourth-order valence-electron chi connectivity index (χ4n) is 1.98. The molecule has 0 saturated carbocycles.